The van der Waals surface area contributed by atoms with E-state index >= 15 is 0 Å². The van der Waals surface area contributed by atoms with Gasteiger partial charge in [-0.1, -0.05) is 35.3 Å². The molecule has 1 aliphatic heterocycles. The minimum atomic E-state index is 0.495. The average Bonchev–Trinajstić information content (AvgIpc) is 2.65. The summed E-state index contributed by atoms with van der Waals surface area (Å²) in [5, 5.41) is 4.63. The molecule has 1 aromatic carbocycles. The highest BCUT2D eigenvalue weighted by Gasteiger charge is 2.18. The Morgan fingerprint density at radius 3 is 2.90 bits per heavy atom. The molecular weight excluding hydrogens is 305 g/mol. The molecule has 5 heteroatoms. The summed E-state index contributed by atoms with van der Waals surface area (Å²) in [6, 6.07) is 10.2. The van der Waals surface area contributed by atoms with Gasteiger partial charge in [0.25, 0.3) is 0 Å². The number of fused-ring (bicyclic) bond motifs is 1. The highest BCUT2D eigenvalue weighted by Crippen LogP contribution is 2.32. The number of para-hydroxylation sites is 2. The fraction of sp³-hybridized carbons (Fsp3) is 0.312. The van der Waals surface area contributed by atoms with Crippen LogP contribution in [0.3, 0.4) is 0 Å². The van der Waals surface area contributed by atoms with Crippen LogP contribution in [0.4, 0.5) is 11.4 Å². The van der Waals surface area contributed by atoms with E-state index in [2.05, 4.69) is 33.4 Å². The van der Waals surface area contributed by atoms with Gasteiger partial charge in [-0.15, -0.1) is 0 Å². The molecule has 0 saturated heterocycles. The Balaban J connectivity index is 1.95. The van der Waals surface area contributed by atoms with Crippen molar-refractivity contribution in [3.8, 4) is 0 Å². The third-order valence-electron chi connectivity index (χ3n) is 3.66. The van der Waals surface area contributed by atoms with Crippen LogP contribution in [-0.4, -0.2) is 18.1 Å². The largest absolute Gasteiger partial charge is 0.383 e. The third kappa shape index (κ3) is 3.09. The lowest BCUT2D eigenvalue weighted by Gasteiger charge is -2.25. The number of hydrogen-bond donors (Lipinski definition) is 1. The zero-order valence-corrected chi connectivity index (χ0v) is 13.4. The number of aryl methyl sites for hydroxylation is 1. The van der Waals surface area contributed by atoms with E-state index in [0.29, 0.717) is 16.7 Å². The van der Waals surface area contributed by atoms with Crippen LogP contribution >= 0.6 is 23.2 Å². The topological polar surface area (TPSA) is 28.2 Å². The van der Waals surface area contributed by atoms with Gasteiger partial charge in [-0.05, 0) is 31.5 Å². The molecule has 0 saturated carbocycles. The predicted octanol–water partition coefficient (Wildman–Crippen LogP) is 4.52. The number of nitrogens with zero attached hydrogens (tertiary/aromatic N) is 2. The van der Waals surface area contributed by atoms with Crippen LogP contribution in [0.25, 0.3) is 0 Å². The van der Waals surface area contributed by atoms with E-state index in [1.54, 1.807) is 0 Å². The Morgan fingerprint density at radius 1 is 1.29 bits per heavy atom. The molecule has 1 N–H and O–H groups in total. The second kappa shape index (κ2) is 6.12. The standard InChI is InChI=1S/C16H17Cl2N3/c1-11-9-13(17)12(16(18)20-11)10-21-8-4-7-19-14-5-2-3-6-15(14)21/h2-3,5-6,9,19H,4,7-8,10H2,1H3. The van der Waals surface area contributed by atoms with Gasteiger partial charge in [0.1, 0.15) is 5.15 Å². The van der Waals surface area contributed by atoms with Crippen molar-refractivity contribution in [2.24, 2.45) is 0 Å². The maximum absolute atomic E-state index is 6.36. The molecule has 0 fully saturated rings. The smallest absolute Gasteiger partial charge is 0.135 e. The molecule has 3 rings (SSSR count). The Kier molecular flexibility index (Phi) is 4.22. The van der Waals surface area contributed by atoms with Gasteiger partial charge in [-0.25, -0.2) is 4.98 Å². The Hall–Kier alpha value is -1.45. The normalized spacial score (nSPS) is 14.3. The first-order chi connectivity index (χ1) is 10.1. The quantitative estimate of drug-likeness (QED) is 0.824. The fourth-order valence-electron chi connectivity index (χ4n) is 2.63. The van der Waals surface area contributed by atoms with Gasteiger partial charge < -0.3 is 10.2 Å². The molecule has 0 bridgehead atoms. The second-order valence-corrected chi connectivity index (χ2v) is 6.00. The summed E-state index contributed by atoms with van der Waals surface area (Å²) in [5.74, 6) is 0. The molecule has 2 heterocycles. The number of anilines is 2. The number of halogens is 2. The third-order valence-corrected chi connectivity index (χ3v) is 4.31. The van der Waals surface area contributed by atoms with Crippen molar-refractivity contribution < 1.29 is 0 Å². The first kappa shape index (κ1) is 14.5. The highest BCUT2D eigenvalue weighted by atomic mass is 35.5. The van der Waals surface area contributed by atoms with Crippen LogP contribution in [0.5, 0.6) is 0 Å². The average molecular weight is 322 g/mol. The lowest BCUT2D eigenvalue weighted by atomic mass is 10.2. The fourth-order valence-corrected chi connectivity index (χ4v) is 3.28. The Labute approximate surface area is 134 Å². The van der Waals surface area contributed by atoms with Gasteiger partial charge >= 0.3 is 0 Å². The minimum absolute atomic E-state index is 0.495. The van der Waals surface area contributed by atoms with Gasteiger partial charge in [0, 0.05) is 30.9 Å². The van der Waals surface area contributed by atoms with Crippen LogP contribution < -0.4 is 10.2 Å². The van der Waals surface area contributed by atoms with E-state index in [1.165, 1.54) is 5.69 Å². The number of nitrogens with one attached hydrogen (secondary N) is 1. The molecule has 0 aliphatic carbocycles. The molecule has 3 nitrogen and oxygen atoms in total. The molecule has 21 heavy (non-hydrogen) atoms. The molecule has 1 aromatic heterocycles. The molecule has 0 amide bonds. The summed E-state index contributed by atoms with van der Waals surface area (Å²) in [5.41, 5.74) is 4.07. The van der Waals surface area contributed by atoms with Gasteiger partial charge in [-0.2, -0.15) is 0 Å². The number of aromatic nitrogens is 1. The molecule has 0 unspecified atom stereocenters. The van der Waals surface area contributed by atoms with Crippen molar-refractivity contribution in [1.29, 1.82) is 0 Å². The molecule has 1 aliphatic rings. The molecule has 2 aromatic rings. The van der Waals surface area contributed by atoms with Crippen molar-refractivity contribution >= 4 is 34.6 Å². The Morgan fingerprint density at radius 2 is 2.10 bits per heavy atom. The van der Waals surface area contributed by atoms with E-state index in [4.69, 9.17) is 23.2 Å². The van der Waals surface area contributed by atoms with Crippen LogP contribution in [0.15, 0.2) is 30.3 Å². The zero-order valence-electron chi connectivity index (χ0n) is 11.9. The van der Waals surface area contributed by atoms with Crippen molar-refractivity contribution in [2.75, 3.05) is 23.3 Å². The minimum Gasteiger partial charge on any atom is -0.383 e. The summed E-state index contributed by atoms with van der Waals surface area (Å²) < 4.78 is 0. The second-order valence-electron chi connectivity index (χ2n) is 5.23. The van der Waals surface area contributed by atoms with E-state index < -0.39 is 0 Å². The van der Waals surface area contributed by atoms with E-state index in [1.807, 2.05) is 19.1 Å². The summed E-state index contributed by atoms with van der Waals surface area (Å²) >= 11 is 12.6. The number of benzene rings is 1. The molecular formula is C16H17Cl2N3. The van der Waals surface area contributed by atoms with Crippen LogP contribution in [-0.2, 0) is 6.54 Å². The zero-order chi connectivity index (χ0) is 14.8. The van der Waals surface area contributed by atoms with Crippen LogP contribution in [0.2, 0.25) is 10.2 Å². The van der Waals surface area contributed by atoms with Crippen molar-refractivity contribution in [3.05, 3.63) is 51.8 Å². The summed E-state index contributed by atoms with van der Waals surface area (Å²) in [7, 11) is 0. The first-order valence-electron chi connectivity index (χ1n) is 7.04. The number of pyridine rings is 1. The number of hydrogen-bond acceptors (Lipinski definition) is 3. The van der Waals surface area contributed by atoms with E-state index in [9.17, 15) is 0 Å². The summed E-state index contributed by atoms with van der Waals surface area (Å²) in [6.07, 6.45) is 1.07. The number of rotatable bonds is 2. The lowest BCUT2D eigenvalue weighted by molar-refractivity contribution is 0.762. The van der Waals surface area contributed by atoms with Crippen molar-refractivity contribution in [2.45, 2.75) is 19.9 Å². The molecule has 0 radical (unpaired) electrons. The van der Waals surface area contributed by atoms with Crippen molar-refractivity contribution in [3.63, 3.8) is 0 Å². The van der Waals surface area contributed by atoms with E-state index in [-0.39, 0.29) is 0 Å². The monoisotopic (exact) mass is 321 g/mol. The van der Waals surface area contributed by atoms with Gasteiger partial charge in [0.15, 0.2) is 0 Å². The summed E-state index contributed by atoms with van der Waals surface area (Å²) in [4.78, 5) is 6.62. The Bertz CT molecular complexity index is 635. The molecule has 0 spiro atoms. The maximum atomic E-state index is 6.36. The van der Waals surface area contributed by atoms with E-state index in [0.717, 1.165) is 36.5 Å². The summed E-state index contributed by atoms with van der Waals surface area (Å²) in [6.45, 7) is 4.50. The first-order valence-corrected chi connectivity index (χ1v) is 7.80. The highest BCUT2D eigenvalue weighted by molar-refractivity contribution is 6.35. The van der Waals surface area contributed by atoms with Crippen LogP contribution in [0.1, 0.15) is 17.7 Å². The SMILES string of the molecule is Cc1cc(Cl)c(CN2CCCNc3ccccc32)c(Cl)n1. The van der Waals surface area contributed by atoms with Gasteiger partial charge in [-0.3, -0.25) is 0 Å². The van der Waals surface area contributed by atoms with Crippen molar-refractivity contribution in [1.82, 2.24) is 4.98 Å². The maximum Gasteiger partial charge on any atom is 0.135 e. The van der Waals surface area contributed by atoms with Gasteiger partial charge in [0.2, 0.25) is 0 Å². The van der Waals surface area contributed by atoms with Gasteiger partial charge in [0.05, 0.1) is 16.4 Å². The van der Waals surface area contributed by atoms with Crippen LogP contribution in [0, 0.1) is 6.92 Å². The molecule has 0 atom stereocenters. The lowest BCUT2D eigenvalue weighted by Crippen LogP contribution is -2.23. The molecule has 110 valence electrons. The predicted molar refractivity (Wildman–Crippen MR) is 89.6 cm³/mol.